The fourth-order valence-corrected chi connectivity index (χ4v) is 3.95. The van der Waals surface area contributed by atoms with Crippen LogP contribution in [-0.4, -0.2) is 32.2 Å². The van der Waals surface area contributed by atoms with Crippen LogP contribution in [0.4, 0.5) is 0 Å². The summed E-state index contributed by atoms with van der Waals surface area (Å²) in [6, 6.07) is 19.6. The van der Waals surface area contributed by atoms with E-state index in [-0.39, 0.29) is 17.7 Å². The Morgan fingerprint density at radius 1 is 1.00 bits per heavy atom. The molecule has 1 aliphatic rings. The summed E-state index contributed by atoms with van der Waals surface area (Å²) < 4.78 is 13.3. The van der Waals surface area contributed by atoms with Gasteiger partial charge in [-0.05, 0) is 43.4 Å². The van der Waals surface area contributed by atoms with Crippen LogP contribution in [0, 0.1) is 0 Å². The second kappa shape index (κ2) is 9.28. The van der Waals surface area contributed by atoms with Crippen LogP contribution in [0.3, 0.4) is 0 Å². The second-order valence-corrected chi connectivity index (χ2v) is 7.87. The first-order valence-electron chi connectivity index (χ1n) is 10.9. The van der Waals surface area contributed by atoms with E-state index in [0.717, 1.165) is 25.9 Å². The Kier molecular flexibility index (Phi) is 5.89. The number of benzene rings is 2. The van der Waals surface area contributed by atoms with Gasteiger partial charge in [0.05, 0.1) is 18.8 Å². The third kappa shape index (κ3) is 4.53. The van der Waals surface area contributed by atoms with E-state index >= 15 is 0 Å². The maximum Gasteiger partial charge on any atom is 0.324 e. The third-order valence-electron chi connectivity index (χ3n) is 5.59. The number of aryl methyl sites for hydroxylation is 2. The molecule has 5 rings (SSSR count). The molecule has 2 aromatic carbocycles. The third-order valence-corrected chi connectivity index (χ3v) is 5.59. The van der Waals surface area contributed by atoms with Crippen LogP contribution < -0.4 is 10.3 Å². The minimum atomic E-state index is -0.131. The van der Waals surface area contributed by atoms with Gasteiger partial charge in [0, 0.05) is 6.61 Å². The van der Waals surface area contributed by atoms with Crippen LogP contribution in [0.1, 0.15) is 24.1 Å². The molecule has 0 amide bonds. The van der Waals surface area contributed by atoms with Crippen LogP contribution >= 0.6 is 0 Å². The summed E-state index contributed by atoms with van der Waals surface area (Å²) in [4.78, 5) is 26.9. The molecule has 0 unspecified atom stereocenters. The van der Waals surface area contributed by atoms with Gasteiger partial charge >= 0.3 is 6.01 Å². The molecule has 1 fully saturated rings. The van der Waals surface area contributed by atoms with Gasteiger partial charge in [0.2, 0.25) is 0 Å². The monoisotopic (exact) mass is 428 g/mol. The van der Waals surface area contributed by atoms with Crippen molar-refractivity contribution in [3.05, 3.63) is 88.5 Å². The Morgan fingerprint density at radius 3 is 2.53 bits per heavy atom. The molecule has 32 heavy (non-hydrogen) atoms. The predicted molar refractivity (Wildman–Crippen MR) is 121 cm³/mol. The predicted octanol–water partition coefficient (Wildman–Crippen LogP) is 3.94. The van der Waals surface area contributed by atoms with E-state index in [1.54, 1.807) is 10.8 Å². The second-order valence-electron chi connectivity index (χ2n) is 7.87. The average Bonchev–Trinajstić information content (AvgIpc) is 3.35. The highest BCUT2D eigenvalue weighted by molar-refractivity contribution is 5.69. The van der Waals surface area contributed by atoms with Crippen molar-refractivity contribution in [1.82, 2.24) is 19.5 Å². The van der Waals surface area contributed by atoms with E-state index < -0.39 is 0 Å². The van der Waals surface area contributed by atoms with E-state index in [0.29, 0.717) is 35.6 Å². The zero-order valence-corrected chi connectivity index (χ0v) is 17.7. The number of ether oxygens (including phenoxy) is 2. The van der Waals surface area contributed by atoms with Crippen LogP contribution in [0.5, 0.6) is 11.8 Å². The summed E-state index contributed by atoms with van der Waals surface area (Å²) in [7, 11) is 0. The molecule has 162 valence electrons. The van der Waals surface area contributed by atoms with E-state index in [4.69, 9.17) is 9.47 Å². The highest BCUT2D eigenvalue weighted by atomic mass is 16.5. The molecule has 0 N–H and O–H groups in total. The molecule has 0 bridgehead atoms. The smallest absolute Gasteiger partial charge is 0.324 e. The minimum absolute atomic E-state index is 0.00581. The SMILES string of the molecule is O=c1c(CCc2ccccc2)nc2cnc(Oc3ccccc3)nc2n1C[C@H]1CCCO1. The molecular formula is C25H24N4O3. The Labute approximate surface area is 185 Å². The first kappa shape index (κ1) is 20.3. The molecule has 2 aromatic heterocycles. The number of hydrogen-bond donors (Lipinski definition) is 0. The van der Waals surface area contributed by atoms with Crippen LogP contribution in [0.15, 0.2) is 71.7 Å². The molecule has 0 radical (unpaired) electrons. The zero-order chi connectivity index (χ0) is 21.8. The van der Waals surface area contributed by atoms with Crippen LogP contribution in [0.25, 0.3) is 11.2 Å². The topological polar surface area (TPSA) is 79.1 Å². The summed E-state index contributed by atoms with van der Waals surface area (Å²) in [6.07, 6.45) is 4.83. The molecule has 1 atom stereocenters. The largest absolute Gasteiger partial charge is 0.424 e. The lowest BCUT2D eigenvalue weighted by Crippen LogP contribution is -2.31. The van der Waals surface area contributed by atoms with Gasteiger partial charge in [-0.2, -0.15) is 4.98 Å². The zero-order valence-electron chi connectivity index (χ0n) is 17.7. The summed E-state index contributed by atoms with van der Waals surface area (Å²) in [5.41, 5.74) is 2.59. The molecule has 0 saturated carbocycles. The van der Waals surface area contributed by atoms with Crippen molar-refractivity contribution in [2.45, 2.75) is 38.3 Å². The summed E-state index contributed by atoms with van der Waals surface area (Å²) in [5.74, 6) is 0.632. The first-order chi connectivity index (χ1) is 15.8. The lowest BCUT2D eigenvalue weighted by atomic mass is 10.1. The van der Waals surface area contributed by atoms with Crippen molar-refractivity contribution in [1.29, 1.82) is 0 Å². The number of hydrogen-bond acceptors (Lipinski definition) is 6. The fourth-order valence-electron chi connectivity index (χ4n) is 3.95. The van der Waals surface area contributed by atoms with Crippen LogP contribution in [0.2, 0.25) is 0 Å². The maximum absolute atomic E-state index is 13.4. The minimum Gasteiger partial charge on any atom is -0.424 e. The van der Waals surface area contributed by atoms with Gasteiger partial charge in [-0.3, -0.25) is 9.36 Å². The molecule has 1 aliphatic heterocycles. The van der Waals surface area contributed by atoms with Crippen molar-refractivity contribution in [3.8, 4) is 11.8 Å². The number of fused-ring (bicyclic) bond motifs is 1. The summed E-state index contributed by atoms with van der Waals surface area (Å²) >= 11 is 0. The Balaban J connectivity index is 1.51. The number of rotatable bonds is 7. The highest BCUT2D eigenvalue weighted by Crippen LogP contribution is 2.20. The van der Waals surface area contributed by atoms with E-state index in [1.807, 2.05) is 48.5 Å². The molecule has 1 saturated heterocycles. The Bertz CT molecular complexity index is 1250. The molecule has 7 heteroatoms. The maximum atomic E-state index is 13.4. The number of para-hydroxylation sites is 1. The van der Waals surface area contributed by atoms with Crippen molar-refractivity contribution >= 4 is 11.2 Å². The molecule has 3 heterocycles. The molecule has 0 aliphatic carbocycles. The van der Waals surface area contributed by atoms with Gasteiger partial charge in [-0.1, -0.05) is 48.5 Å². The summed E-state index contributed by atoms with van der Waals surface area (Å²) in [5, 5.41) is 0. The molecule has 0 spiro atoms. The Hall–Kier alpha value is -3.58. The van der Waals surface area contributed by atoms with Crippen molar-refractivity contribution in [2.75, 3.05) is 6.61 Å². The lowest BCUT2D eigenvalue weighted by molar-refractivity contribution is 0.0969. The van der Waals surface area contributed by atoms with E-state index in [9.17, 15) is 4.79 Å². The number of nitrogens with zero attached hydrogens (tertiary/aromatic N) is 4. The normalized spacial score (nSPS) is 15.8. The van der Waals surface area contributed by atoms with Crippen LogP contribution in [-0.2, 0) is 24.1 Å². The van der Waals surface area contributed by atoms with Crippen molar-refractivity contribution in [2.24, 2.45) is 0 Å². The lowest BCUT2D eigenvalue weighted by Gasteiger charge is -2.15. The van der Waals surface area contributed by atoms with Gasteiger partial charge in [0.1, 0.15) is 17.0 Å². The van der Waals surface area contributed by atoms with Gasteiger partial charge < -0.3 is 9.47 Å². The quantitative estimate of drug-likeness (QED) is 0.444. The van der Waals surface area contributed by atoms with Gasteiger partial charge in [0.15, 0.2) is 5.65 Å². The highest BCUT2D eigenvalue weighted by Gasteiger charge is 2.21. The van der Waals surface area contributed by atoms with E-state index in [1.165, 1.54) is 5.56 Å². The first-order valence-corrected chi connectivity index (χ1v) is 10.9. The van der Waals surface area contributed by atoms with Gasteiger partial charge in [0.25, 0.3) is 5.56 Å². The summed E-state index contributed by atoms with van der Waals surface area (Å²) in [6.45, 7) is 1.17. The average molecular weight is 428 g/mol. The molecular weight excluding hydrogens is 404 g/mol. The molecule has 7 nitrogen and oxygen atoms in total. The fraction of sp³-hybridized carbons (Fsp3) is 0.280. The number of aromatic nitrogens is 4. The van der Waals surface area contributed by atoms with Gasteiger partial charge in [-0.25, -0.2) is 9.97 Å². The Morgan fingerprint density at radius 2 is 1.78 bits per heavy atom. The van der Waals surface area contributed by atoms with E-state index in [2.05, 4.69) is 27.1 Å². The van der Waals surface area contributed by atoms with Crippen molar-refractivity contribution < 1.29 is 9.47 Å². The van der Waals surface area contributed by atoms with Gasteiger partial charge in [-0.15, -0.1) is 0 Å². The molecule has 4 aromatic rings. The van der Waals surface area contributed by atoms with Crippen molar-refractivity contribution in [3.63, 3.8) is 0 Å². The standard InChI is InChI=1S/C25H24N4O3/c30-24-21(14-13-18-8-3-1-4-9-18)27-22-16-26-25(32-19-10-5-2-6-11-19)28-23(22)29(24)17-20-12-7-15-31-20/h1-6,8-11,16,20H,7,12-15,17H2/t20-/m1/s1.